The lowest BCUT2D eigenvalue weighted by Gasteiger charge is -2.15. The highest BCUT2D eigenvalue weighted by molar-refractivity contribution is 9.10. The number of nitrogens with zero attached hydrogens (tertiary/aromatic N) is 1. The third-order valence-corrected chi connectivity index (χ3v) is 6.87. The van der Waals surface area contributed by atoms with Crippen molar-refractivity contribution in [1.82, 2.24) is 4.68 Å². The van der Waals surface area contributed by atoms with Crippen molar-refractivity contribution >= 4 is 67.5 Å². The van der Waals surface area contributed by atoms with Gasteiger partial charge < -0.3 is 10.6 Å². The predicted octanol–water partition coefficient (Wildman–Crippen LogP) is 6.25. The summed E-state index contributed by atoms with van der Waals surface area (Å²) in [6, 6.07) is 15.9. The fraction of sp³-hybridized carbons (Fsp3) is 0.148. The fourth-order valence-corrected chi connectivity index (χ4v) is 4.52. The molecule has 184 valence electrons. The van der Waals surface area contributed by atoms with Crippen molar-refractivity contribution in [1.29, 1.82) is 0 Å². The van der Waals surface area contributed by atoms with Crippen LogP contribution in [0.25, 0.3) is 10.9 Å². The lowest BCUT2D eigenvalue weighted by Crippen LogP contribution is -2.36. The topological polar surface area (TPSA) is 92.2 Å². The van der Waals surface area contributed by atoms with Gasteiger partial charge in [-0.15, -0.1) is 0 Å². The molecule has 1 heterocycles. The molecule has 36 heavy (non-hydrogen) atoms. The number of hydrogen-bond donors (Lipinski definition) is 3. The van der Waals surface area contributed by atoms with Crippen LogP contribution in [-0.2, 0) is 9.59 Å². The van der Waals surface area contributed by atoms with Crippen molar-refractivity contribution < 1.29 is 14.4 Å². The maximum absolute atomic E-state index is 13.2. The number of hydrogen-bond acceptors (Lipinski definition) is 3. The molecule has 0 bridgehead atoms. The van der Waals surface area contributed by atoms with Crippen LogP contribution in [-0.4, -0.2) is 22.4 Å². The van der Waals surface area contributed by atoms with E-state index in [9.17, 15) is 14.4 Å². The molecule has 7 nitrogen and oxygen atoms in total. The third kappa shape index (κ3) is 5.29. The summed E-state index contributed by atoms with van der Waals surface area (Å²) in [5.74, 6) is -2.24. The summed E-state index contributed by atoms with van der Waals surface area (Å²) < 4.78 is 2.21. The van der Waals surface area contributed by atoms with E-state index in [1.54, 1.807) is 30.3 Å². The Morgan fingerprint density at radius 2 is 1.50 bits per heavy atom. The molecule has 1 aromatic heterocycles. The molecule has 0 saturated heterocycles. The number of halogens is 2. The van der Waals surface area contributed by atoms with Gasteiger partial charge in [-0.25, -0.2) is 4.68 Å². The van der Waals surface area contributed by atoms with Gasteiger partial charge in [0.05, 0.1) is 5.52 Å². The van der Waals surface area contributed by atoms with Crippen molar-refractivity contribution in [3.8, 4) is 0 Å². The molecule has 4 aromatic rings. The summed E-state index contributed by atoms with van der Waals surface area (Å²) in [7, 11) is 0. The lowest BCUT2D eigenvalue weighted by molar-refractivity contribution is -0.133. The van der Waals surface area contributed by atoms with E-state index in [0.29, 0.717) is 27.3 Å². The Hall–Kier alpha value is -3.62. The normalized spacial score (nSPS) is 10.8. The van der Waals surface area contributed by atoms with E-state index in [0.717, 1.165) is 26.7 Å². The molecular formula is C27H24BrClN4O3. The molecule has 0 atom stereocenters. The summed E-state index contributed by atoms with van der Waals surface area (Å²) in [5, 5.41) is 6.63. The van der Waals surface area contributed by atoms with Gasteiger partial charge in [0.2, 0.25) is 0 Å². The second kappa shape index (κ2) is 10.2. The Labute approximate surface area is 221 Å². The van der Waals surface area contributed by atoms with Crippen molar-refractivity contribution in [2.24, 2.45) is 0 Å². The molecule has 0 aliphatic heterocycles. The van der Waals surface area contributed by atoms with Gasteiger partial charge in [0.1, 0.15) is 5.69 Å². The summed E-state index contributed by atoms with van der Waals surface area (Å²) in [6.45, 7) is 7.60. The van der Waals surface area contributed by atoms with Crippen molar-refractivity contribution in [3.63, 3.8) is 0 Å². The summed E-state index contributed by atoms with van der Waals surface area (Å²) in [5.41, 5.74) is 8.08. The van der Waals surface area contributed by atoms with Gasteiger partial charge in [0.15, 0.2) is 0 Å². The zero-order valence-electron chi connectivity index (χ0n) is 20.1. The Bertz CT molecular complexity index is 1520. The van der Waals surface area contributed by atoms with E-state index >= 15 is 0 Å². The average molecular weight is 568 g/mol. The van der Waals surface area contributed by atoms with Gasteiger partial charge in [-0.3, -0.25) is 19.8 Å². The van der Waals surface area contributed by atoms with Crippen LogP contribution in [0.15, 0.2) is 59.1 Å². The molecule has 0 fully saturated rings. The molecular weight excluding hydrogens is 544 g/mol. The zero-order valence-corrected chi connectivity index (χ0v) is 22.5. The Morgan fingerprint density at radius 3 is 2.17 bits per heavy atom. The largest absolute Gasteiger partial charge is 0.328 e. The molecule has 0 aliphatic rings. The number of amides is 3. The minimum atomic E-state index is -0.921. The van der Waals surface area contributed by atoms with Gasteiger partial charge in [-0.1, -0.05) is 45.2 Å². The van der Waals surface area contributed by atoms with Gasteiger partial charge in [-0.05, 0) is 86.8 Å². The van der Waals surface area contributed by atoms with E-state index in [1.807, 2.05) is 52.0 Å². The second-order valence-corrected chi connectivity index (χ2v) is 9.95. The Balaban J connectivity index is 1.64. The number of anilines is 2. The van der Waals surface area contributed by atoms with Crippen LogP contribution in [0.5, 0.6) is 0 Å². The molecule has 9 heteroatoms. The van der Waals surface area contributed by atoms with E-state index in [1.165, 1.54) is 4.68 Å². The molecule has 3 aromatic carbocycles. The van der Waals surface area contributed by atoms with Crippen molar-refractivity contribution in [3.05, 3.63) is 92.0 Å². The summed E-state index contributed by atoms with van der Waals surface area (Å²) in [4.78, 5) is 38.9. The van der Waals surface area contributed by atoms with Crippen LogP contribution < -0.4 is 16.1 Å². The Morgan fingerprint density at radius 1 is 0.806 bits per heavy atom. The number of benzene rings is 3. The van der Waals surface area contributed by atoms with Gasteiger partial charge in [0.25, 0.3) is 5.91 Å². The van der Waals surface area contributed by atoms with E-state index in [4.69, 9.17) is 11.6 Å². The zero-order chi connectivity index (χ0) is 26.1. The van der Waals surface area contributed by atoms with Crippen LogP contribution in [0.4, 0.5) is 11.4 Å². The van der Waals surface area contributed by atoms with Crippen LogP contribution in [0, 0.1) is 27.7 Å². The molecule has 3 N–H and O–H groups in total. The van der Waals surface area contributed by atoms with E-state index in [2.05, 4.69) is 32.0 Å². The minimum absolute atomic E-state index is 0.136. The maximum atomic E-state index is 13.2. The smallest absolute Gasteiger partial charge is 0.321 e. The first-order valence-corrected chi connectivity index (χ1v) is 12.3. The SMILES string of the molecule is Cc1cc(C)c(NC(=O)C(=O)Nn2c(C(=O)Nc3ccc(Br)c(C)c3)cc3cc(Cl)ccc32)c(C)c1. The molecule has 0 unspecified atom stereocenters. The standard InChI is InChI=1S/C27H24BrClN4O3/c1-14-9-16(3)24(17(4)10-14)31-26(35)27(36)32-33-22-8-5-19(29)12-18(22)13-23(33)25(34)30-20-6-7-21(28)15(2)11-20/h5-13H,1-4H3,(H,30,34)(H,31,35)(H,32,36). The van der Waals surface area contributed by atoms with Crippen molar-refractivity contribution in [2.75, 3.05) is 16.1 Å². The minimum Gasteiger partial charge on any atom is -0.321 e. The lowest BCUT2D eigenvalue weighted by atomic mass is 10.1. The third-order valence-electron chi connectivity index (χ3n) is 5.75. The quantitative estimate of drug-likeness (QED) is 0.255. The van der Waals surface area contributed by atoms with Gasteiger partial charge >= 0.3 is 11.8 Å². The molecule has 0 saturated carbocycles. The van der Waals surface area contributed by atoms with Crippen molar-refractivity contribution in [2.45, 2.75) is 27.7 Å². The monoisotopic (exact) mass is 566 g/mol. The second-order valence-electron chi connectivity index (χ2n) is 8.65. The number of aryl methyl sites for hydroxylation is 4. The van der Waals surface area contributed by atoms with E-state index < -0.39 is 17.7 Å². The highest BCUT2D eigenvalue weighted by atomic mass is 79.9. The number of aromatic nitrogens is 1. The number of fused-ring (bicyclic) bond motifs is 1. The number of rotatable bonds is 4. The number of carbonyl (C=O) groups is 3. The first-order chi connectivity index (χ1) is 17.0. The first-order valence-electron chi connectivity index (χ1n) is 11.1. The highest BCUT2D eigenvalue weighted by Crippen LogP contribution is 2.25. The fourth-order valence-electron chi connectivity index (χ4n) is 4.09. The summed E-state index contributed by atoms with van der Waals surface area (Å²) >= 11 is 9.59. The average Bonchev–Trinajstić information content (AvgIpc) is 3.15. The molecule has 0 radical (unpaired) electrons. The molecule has 0 aliphatic carbocycles. The number of carbonyl (C=O) groups excluding carboxylic acids is 3. The first kappa shape index (κ1) is 25.5. The summed E-state index contributed by atoms with van der Waals surface area (Å²) in [6.07, 6.45) is 0. The van der Waals surface area contributed by atoms with Gasteiger partial charge in [0, 0.05) is 26.3 Å². The van der Waals surface area contributed by atoms with Crippen LogP contribution in [0.1, 0.15) is 32.7 Å². The number of nitrogens with one attached hydrogen (secondary N) is 3. The molecule has 3 amide bonds. The molecule has 0 spiro atoms. The van der Waals surface area contributed by atoms with Crippen LogP contribution in [0.2, 0.25) is 5.02 Å². The van der Waals surface area contributed by atoms with Crippen LogP contribution in [0.3, 0.4) is 0 Å². The highest BCUT2D eigenvalue weighted by Gasteiger charge is 2.22. The predicted molar refractivity (Wildman–Crippen MR) is 147 cm³/mol. The Kier molecular flexibility index (Phi) is 7.19. The molecule has 4 rings (SSSR count). The van der Waals surface area contributed by atoms with E-state index in [-0.39, 0.29) is 5.69 Å². The van der Waals surface area contributed by atoms with Crippen LogP contribution >= 0.6 is 27.5 Å². The van der Waals surface area contributed by atoms with Gasteiger partial charge in [-0.2, -0.15) is 0 Å². The maximum Gasteiger partial charge on any atom is 0.328 e.